The number of ether oxygens (including phenoxy) is 2. The van der Waals surface area contributed by atoms with Gasteiger partial charge in [0.2, 0.25) is 0 Å². The topological polar surface area (TPSA) is 114 Å². The first-order chi connectivity index (χ1) is 36.8. The van der Waals surface area contributed by atoms with Crippen LogP contribution in [-0.2, 0) is 24.1 Å². The van der Waals surface area contributed by atoms with Crippen LogP contribution in [0.5, 0.6) is 5.75 Å². The maximum atomic E-state index is 6.28. The average Bonchev–Trinajstić information content (AvgIpc) is 4.24. The summed E-state index contributed by atoms with van der Waals surface area (Å²) >= 11 is 12.6. The molecule has 1 atom stereocenters. The fourth-order valence-corrected chi connectivity index (χ4v) is 10.5. The first-order valence-corrected chi connectivity index (χ1v) is 26.1. The minimum absolute atomic E-state index is 0.546. The summed E-state index contributed by atoms with van der Waals surface area (Å²) in [7, 11) is 3.65. The van der Waals surface area contributed by atoms with Gasteiger partial charge in [0.05, 0.1) is 35.6 Å². The van der Waals surface area contributed by atoms with Crippen molar-refractivity contribution in [1.82, 2.24) is 35.2 Å². The standard InChI is InChI=1S/C29H24ClN5.C28H21ClN4O.C5H10O/c1-31-16-19-4-2-5-20(12-19)23-14-26-25(18-33-29(34-26)22-6-3-10-32-17-22)28(15-23)35-11-9-21-13-24(30)7-8-27(21)35;1-34-23-6-2-4-18(13-23)21-14-25-24(17-31-28(32-25)20-5-3-10-30-16-20)27(15-21)33-11-9-19-12-22(29)7-8-26(19)33;1-5-3-2-4-6-5/h2-8,10,12-15,17-18,31H,9,11,16H2,1H3;2-8,10,12-17H,9,11H2,1H3;5H,2-4H2,1H3. The molecule has 374 valence electrons. The van der Waals surface area contributed by atoms with Crippen molar-refractivity contribution in [3.63, 3.8) is 0 Å². The largest absolute Gasteiger partial charge is 0.497 e. The van der Waals surface area contributed by atoms with E-state index in [0.717, 1.165) is 121 Å². The zero-order valence-electron chi connectivity index (χ0n) is 42.1. The molecule has 75 heavy (non-hydrogen) atoms. The van der Waals surface area contributed by atoms with Gasteiger partial charge in [-0.1, -0.05) is 53.5 Å². The van der Waals surface area contributed by atoms with Gasteiger partial charge < -0.3 is 24.6 Å². The Morgan fingerprint density at radius 3 is 1.61 bits per heavy atom. The van der Waals surface area contributed by atoms with Gasteiger partial charge in [-0.25, -0.2) is 19.9 Å². The molecule has 0 radical (unpaired) electrons. The Morgan fingerprint density at radius 2 is 1.13 bits per heavy atom. The number of nitrogens with one attached hydrogen (secondary N) is 1. The number of methoxy groups -OCH3 is 1. The smallest absolute Gasteiger partial charge is 0.161 e. The van der Waals surface area contributed by atoms with Gasteiger partial charge in [0, 0.05) is 107 Å². The van der Waals surface area contributed by atoms with E-state index in [9.17, 15) is 0 Å². The SMILES string of the molecule is CC1CCCO1.CNCc1cccc(-c2cc(N3CCc4cc(Cl)ccc43)c3cnc(-c4cccnc4)nc3c2)c1.COc1cccc(-c2cc(N3CCc4cc(Cl)ccc43)c3cnc(-c4cccnc4)nc3c2)c1. The van der Waals surface area contributed by atoms with Gasteiger partial charge in [0.25, 0.3) is 0 Å². The van der Waals surface area contributed by atoms with E-state index in [1.165, 1.54) is 40.9 Å². The van der Waals surface area contributed by atoms with Gasteiger partial charge in [-0.05, 0) is 182 Å². The molecule has 3 aliphatic heterocycles. The van der Waals surface area contributed by atoms with Crippen molar-refractivity contribution in [1.29, 1.82) is 0 Å². The molecule has 0 spiro atoms. The maximum Gasteiger partial charge on any atom is 0.161 e. The molecule has 6 aromatic carbocycles. The lowest BCUT2D eigenvalue weighted by molar-refractivity contribution is 0.125. The van der Waals surface area contributed by atoms with E-state index in [-0.39, 0.29) is 0 Å². The van der Waals surface area contributed by atoms with Crippen LogP contribution in [0.4, 0.5) is 22.7 Å². The lowest BCUT2D eigenvalue weighted by Crippen LogP contribution is -2.14. The molecule has 0 saturated carbocycles. The van der Waals surface area contributed by atoms with E-state index in [1.807, 2.05) is 74.0 Å². The Hall–Kier alpha value is -7.80. The lowest BCUT2D eigenvalue weighted by Gasteiger charge is -2.23. The van der Waals surface area contributed by atoms with Crippen molar-refractivity contribution >= 4 is 67.8 Å². The highest BCUT2D eigenvalue weighted by molar-refractivity contribution is 6.31. The summed E-state index contributed by atoms with van der Waals surface area (Å²) in [4.78, 5) is 32.5. The zero-order chi connectivity index (χ0) is 51.3. The molecular formula is C62H55Cl2N9O2. The molecule has 13 rings (SSSR count). The highest BCUT2D eigenvalue weighted by Gasteiger charge is 2.26. The molecule has 0 aliphatic carbocycles. The van der Waals surface area contributed by atoms with Gasteiger partial charge in [-0.3, -0.25) is 9.97 Å². The molecule has 10 aromatic rings. The number of nitrogens with zero attached hydrogens (tertiary/aromatic N) is 8. The average molecular weight is 1030 g/mol. The van der Waals surface area contributed by atoms with Gasteiger partial charge in [-0.2, -0.15) is 0 Å². The maximum absolute atomic E-state index is 6.28. The molecule has 0 amide bonds. The Bertz CT molecular complexity index is 3650. The van der Waals surface area contributed by atoms with Crippen LogP contribution in [0.1, 0.15) is 36.5 Å². The molecule has 7 heterocycles. The van der Waals surface area contributed by atoms with E-state index in [4.69, 9.17) is 52.6 Å². The third-order valence-electron chi connectivity index (χ3n) is 13.9. The van der Waals surface area contributed by atoms with Crippen molar-refractivity contribution in [2.24, 2.45) is 0 Å². The third kappa shape index (κ3) is 10.9. The van der Waals surface area contributed by atoms with E-state index in [2.05, 4.69) is 111 Å². The summed E-state index contributed by atoms with van der Waals surface area (Å²) in [6, 6.07) is 45.5. The minimum atomic E-state index is 0.546. The summed E-state index contributed by atoms with van der Waals surface area (Å²) in [5, 5.41) is 6.81. The van der Waals surface area contributed by atoms with E-state index < -0.39 is 0 Å². The number of rotatable bonds is 9. The summed E-state index contributed by atoms with van der Waals surface area (Å²) < 4.78 is 10.6. The van der Waals surface area contributed by atoms with Gasteiger partial charge in [-0.15, -0.1) is 0 Å². The van der Waals surface area contributed by atoms with Crippen molar-refractivity contribution in [3.05, 3.63) is 197 Å². The Balaban J connectivity index is 0.000000144. The molecule has 3 aliphatic rings. The second-order valence-corrected chi connectivity index (χ2v) is 19.7. The summed E-state index contributed by atoms with van der Waals surface area (Å²) in [5.74, 6) is 2.15. The van der Waals surface area contributed by atoms with Crippen LogP contribution in [0, 0.1) is 0 Å². The predicted octanol–water partition coefficient (Wildman–Crippen LogP) is 14.3. The highest BCUT2D eigenvalue weighted by Crippen LogP contribution is 2.43. The monoisotopic (exact) mass is 1030 g/mol. The molecule has 13 heteroatoms. The predicted molar refractivity (Wildman–Crippen MR) is 305 cm³/mol. The van der Waals surface area contributed by atoms with Crippen LogP contribution in [0.3, 0.4) is 0 Å². The summed E-state index contributed by atoms with van der Waals surface area (Å²) in [6.07, 6.45) is 15.9. The van der Waals surface area contributed by atoms with Gasteiger partial charge in [0.15, 0.2) is 11.6 Å². The van der Waals surface area contributed by atoms with E-state index in [0.29, 0.717) is 17.8 Å². The van der Waals surface area contributed by atoms with Crippen LogP contribution >= 0.6 is 23.2 Å². The van der Waals surface area contributed by atoms with Gasteiger partial charge >= 0.3 is 0 Å². The second kappa shape index (κ2) is 22.4. The van der Waals surface area contributed by atoms with E-state index >= 15 is 0 Å². The van der Waals surface area contributed by atoms with Crippen LogP contribution < -0.4 is 19.9 Å². The Labute approximate surface area is 447 Å². The lowest BCUT2D eigenvalue weighted by atomic mass is 10.00. The first-order valence-electron chi connectivity index (χ1n) is 25.3. The number of benzene rings is 6. The van der Waals surface area contributed by atoms with Crippen molar-refractivity contribution < 1.29 is 9.47 Å². The molecule has 1 unspecified atom stereocenters. The van der Waals surface area contributed by atoms with Crippen LogP contribution in [0.25, 0.3) is 66.8 Å². The number of aromatic nitrogens is 6. The zero-order valence-corrected chi connectivity index (χ0v) is 43.6. The van der Waals surface area contributed by atoms with E-state index in [1.54, 1.807) is 31.9 Å². The molecule has 4 aromatic heterocycles. The summed E-state index contributed by atoms with van der Waals surface area (Å²) in [5.41, 5.74) is 16.3. The fourth-order valence-electron chi connectivity index (χ4n) is 10.1. The second-order valence-electron chi connectivity index (χ2n) is 18.9. The Morgan fingerprint density at radius 1 is 0.587 bits per heavy atom. The van der Waals surface area contributed by atoms with Crippen LogP contribution in [-0.4, -0.2) is 69.9 Å². The molecule has 1 saturated heterocycles. The molecule has 11 nitrogen and oxygen atoms in total. The molecule has 0 bridgehead atoms. The first kappa shape index (κ1) is 49.4. The number of hydrogen-bond donors (Lipinski definition) is 1. The quantitative estimate of drug-likeness (QED) is 0.149. The molecule has 1 N–H and O–H groups in total. The van der Waals surface area contributed by atoms with Crippen LogP contribution in [0.2, 0.25) is 10.0 Å². The minimum Gasteiger partial charge on any atom is -0.497 e. The van der Waals surface area contributed by atoms with Crippen molar-refractivity contribution in [2.45, 2.75) is 45.3 Å². The summed E-state index contributed by atoms with van der Waals surface area (Å²) in [6.45, 7) is 5.69. The number of pyridine rings is 2. The Kier molecular flexibility index (Phi) is 14.7. The number of halogens is 2. The van der Waals surface area contributed by atoms with Gasteiger partial charge in [0.1, 0.15) is 5.75 Å². The fraction of sp³-hybridized carbons (Fsp3) is 0.194. The number of hydrogen-bond acceptors (Lipinski definition) is 11. The van der Waals surface area contributed by atoms with Crippen molar-refractivity contribution in [2.75, 3.05) is 43.7 Å². The normalized spacial score (nSPS) is 14.5. The van der Waals surface area contributed by atoms with Crippen molar-refractivity contribution in [3.8, 4) is 50.8 Å². The van der Waals surface area contributed by atoms with Crippen LogP contribution in [0.15, 0.2) is 171 Å². The third-order valence-corrected chi connectivity index (χ3v) is 14.3. The number of fused-ring (bicyclic) bond motifs is 4. The molecule has 1 fully saturated rings. The number of anilines is 4. The molecular weight excluding hydrogens is 974 g/mol. The highest BCUT2D eigenvalue weighted by atomic mass is 35.5.